The average molecular weight is 596 g/mol. The number of rotatable bonds is 15. The highest BCUT2D eigenvalue weighted by atomic mass is 33.1. The molecule has 0 aliphatic carbocycles. The van der Waals surface area contributed by atoms with Crippen molar-refractivity contribution in [3.05, 3.63) is 95.6 Å². The van der Waals surface area contributed by atoms with Crippen molar-refractivity contribution in [3.8, 4) is 11.5 Å². The number of benzene rings is 3. The van der Waals surface area contributed by atoms with Crippen LogP contribution in [-0.2, 0) is 15.1 Å². The molecule has 0 saturated carbocycles. The molecular weight excluding hydrogens is 554 g/mol. The van der Waals surface area contributed by atoms with Gasteiger partial charge in [-0.05, 0) is 67.1 Å². The largest absolute Gasteiger partial charge is 0.497 e. The van der Waals surface area contributed by atoms with Gasteiger partial charge in [0.05, 0.1) is 33.0 Å². The molecule has 1 amide bonds. The smallest absolute Gasteiger partial charge is 0.220 e. The first-order valence-corrected chi connectivity index (χ1v) is 16.6. The third-order valence-electron chi connectivity index (χ3n) is 7.49. The quantitative estimate of drug-likeness (QED) is 0.117. The SMILES string of the molecule is COc1ccc(C(OC[C@@H](NC(=O)CCCC[C@@H]2CCSS2)[C@@H](C)O)(c2ccccc2)c2ccc(OC)cc2)cc1. The molecule has 0 radical (unpaired) electrons. The topological polar surface area (TPSA) is 77.0 Å². The Hall–Kier alpha value is -2.65. The van der Waals surface area contributed by atoms with E-state index in [1.807, 2.05) is 100 Å². The lowest BCUT2D eigenvalue weighted by Crippen LogP contribution is -2.47. The molecule has 0 bridgehead atoms. The number of nitrogens with one attached hydrogen (secondary N) is 1. The van der Waals surface area contributed by atoms with Crippen LogP contribution in [0.25, 0.3) is 0 Å². The van der Waals surface area contributed by atoms with E-state index in [2.05, 4.69) is 5.32 Å². The van der Waals surface area contributed by atoms with Crippen molar-refractivity contribution >= 4 is 27.5 Å². The fourth-order valence-corrected chi connectivity index (χ4v) is 8.12. The van der Waals surface area contributed by atoms with Crippen LogP contribution in [0.5, 0.6) is 11.5 Å². The maximum absolute atomic E-state index is 12.9. The Morgan fingerprint density at radius 2 is 1.51 bits per heavy atom. The molecule has 0 aromatic heterocycles. The van der Waals surface area contributed by atoms with E-state index in [4.69, 9.17) is 14.2 Å². The number of hydrogen-bond acceptors (Lipinski definition) is 7. The predicted molar refractivity (Wildman–Crippen MR) is 169 cm³/mol. The molecule has 8 heteroatoms. The van der Waals surface area contributed by atoms with Gasteiger partial charge in [0.2, 0.25) is 5.91 Å². The third kappa shape index (κ3) is 8.22. The monoisotopic (exact) mass is 595 g/mol. The van der Waals surface area contributed by atoms with Gasteiger partial charge in [0, 0.05) is 17.4 Å². The van der Waals surface area contributed by atoms with Gasteiger partial charge in [-0.2, -0.15) is 0 Å². The summed E-state index contributed by atoms with van der Waals surface area (Å²) >= 11 is 0. The summed E-state index contributed by atoms with van der Waals surface area (Å²) in [6.07, 6.45) is 3.92. The zero-order valence-corrected chi connectivity index (χ0v) is 25.7. The standard InChI is InChI=1S/C33H41NO5S2/c1-24(35)31(34-32(36)12-8-7-11-30-21-22-40-41-30)23-39-33(25-9-5-4-6-10-25,26-13-17-28(37-2)18-14-26)27-15-19-29(38-3)20-16-27/h4-6,9-10,13-20,24,30-31,35H,7-8,11-12,21-23H2,1-3H3,(H,34,36)/t24-,30-,31-/m1/s1. The maximum Gasteiger partial charge on any atom is 0.220 e. The van der Waals surface area contributed by atoms with Gasteiger partial charge in [0.25, 0.3) is 0 Å². The van der Waals surface area contributed by atoms with Crippen LogP contribution >= 0.6 is 21.6 Å². The average Bonchev–Trinajstić information content (AvgIpc) is 3.54. The maximum atomic E-state index is 12.9. The van der Waals surface area contributed by atoms with E-state index < -0.39 is 17.7 Å². The van der Waals surface area contributed by atoms with Crippen molar-refractivity contribution in [1.82, 2.24) is 5.32 Å². The number of methoxy groups -OCH3 is 2. The summed E-state index contributed by atoms with van der Waals surface area (Å²) in [6.45, 7) is 1.79. The molecule has 41 heavy (non-hydrogen) atoms. The van der Waals surface area contributed by atoms with Crippen LogP contribution < -0.4 is 14.8 Å². The van der Waals surface area contributed by atoms with Crippen LogP contribution in [0.15, 0.2) is 78.9 Å². The number of hydrogen-bond donors (Lipinski definition) is 2. The zero-order valence-electron chi connectivity index (χ0n) is 24.1. The summed E-state index contributed by atoms with van der Waals surface area (Å²) in [6, 6.07) is 25.1. The normalized spacial score (nSPS) is 16.6. The lowest BCUT2D eigenvalue weighted by atomic mass is 9.80. The molecule has 2 N–H and O–H groups in total. The summed E-state index contributed by atoms with van der Waals surface area (Å²) in [5.41, 5.74) is 1.70. The van der Waals surface area contributed by atoms with Gasteiger partial charge in [-0.25, -0.2) is 0 Å². The number of aliphatic hydroxyl groups is 1. The minimum absolute atomic E-state index is 0.0628. The van der Waals surface area contributed by atoms with Gasteiger partial charge in [-0.15, -0.1) is 0 Å². The number of unbranched alkanes of at least 4 members (excludes halogenated alkanes) is 1. The minimum Gasteiger partial charge on any atom is -0.497 e. The van der Waals surface area contributed by atoms with E-state index >= 15 is 0 Å². The molecule has 1 heterocycles. The van der Waals surface area contributed by atoms with Crippen LogP contribution in [0.2, 0.25) is 0 Å². The first kappa shape index (κ1) is 31.3. The van der Waals surface area contributed by atoms with E-state index in [0.717, 1.165) is 47.5 Å². The molecule has 220 valence electrons. The Bertz CT molecular complexity index is 1150. The highest BCUT2D eigenvalue weighted by molar-refractivity contribution is 8.77. The summed E-state index contributed by atoms with van der Waals surface area (Å²) in [4.78, 5) is 12.9. The van der Waals surface area contributed by atoms with Gasteiger partial charge in [0.15, 0.2) is 0 Å². The molecule has 1 aliphatic rings. The van der Waals surface area contributed by atoms with E-state index in [1.54, 1.807) is 21.1 Å². The fourth-order valence-electron chi connectivity index (χ4n) is 5.09. The van der Waals surface area contributed by atoms with Crippen LogP contribution in [0.4, 0.5) is 0 Å². The Kier molecular flexibility index (Phi) is 11.9. The van der Waals surface area contributed by atoms with Gasteiger partial charge >= 0.3 is 0 Å². The first-order chi connectivity index (χ1) is 20.0. The minimum atomic E-state index is -1.02. The Morgan fingerprint density at radius 3 is 2.02 bits per heavy atom. The Labute approximate surface area is 252 Å². The summed E-state index contributed by atoms with van der Waals surface area (Å²) in [5, 5.41) is 14.4. The molecule has 6 nitrogen and oxygen atoms in total. The molecule has 3 atom stereocenters. The predicted octanol–water partition coefficient (Wildman–Crippen LogP) is 6.59. The second kappa shape index (κ2) is 15.5. The molecule has 1 aliphatic heterocycles. The molecule has 0 spiro atoms. The second-order valence-corrected chi connectivity index (χ2v) is 13.1. The van der Waals surface area contributed by atoms with Crippen molar-refractivity contribution < 1.29 is 24.1 Å². The van der Waals surface area contributed by atoms with Crippen LogP contribution in [0.1, 0.15) is 55.7 Å². The Morgan fingerprint density at radius 1 is 0.927 bits per heavy atom. The zero-order chi connectivity index (χ0) is 29.1. The van der Waals surface area contributed by atoms with E-state index in [0.29, 0.717) is 11.7 Å². The van der Waals surface area contributed by atoms with E-state index in [9.17, 15) is 9.90 Å². The summed E-state index contributed by atoms with van der Waals surface area (Å²) < 4.78 is 17.7. The number of amides is 1. The number of aliphatic hydroxyl groups excluding tert-OH is 1. The molecule has 3 aromatic rings. The fraction of sp³-hybridized carbons (Fsp3) is 0.424. The summed E-state index contributed by atoms with van der Waals surface area (Å²) in [7, 11) is 7.20. The molecule has 3 aromatic carbocycles. The van der Waals surface area contributed by atoms with Gasteiger partial charge in [0.1, 0.15) is 17.1 Å². The molecule has 0 unspecified atom stereocenters. The van der Waals surface area contributed by atoms with Crippen molar-refractivity contribution in [2.75, 3.05) is 26.6 Å². The molecule has 1 fully saturated rings. The Balaban J connectivity index is 1.58. The van der Waals surface area contributed by atoms with Crippen molar-refractivity contribution in [3.63, 3.8) is 0 Å². The van der Waals surface area contributed by atoms with Gasteiger partial charge in [-0.3, -0.25) is 4.79 Å². The van der Waals surface area contributed by atoms with Crippen LogP contribution in [0.3, 0.4) is 0 Å². The summed E-state index contributed by atoms with van der Waals surface area (Å²) in [5.74, 6) is 2.64. The third-order valence-corrected chi connectivity index (χ3v) is 10.5. The van der Waals surface area contributed by atoms with Gasteiger partial charge in [-0.1, -0.05) is 82.6 Å². The van der Waals surface area contributed by atoms with Crippen molar-refractivity contribution in [1.29, 1.82) is 0 Å². The lowest BCUT2D eigenvalue weighted by Gasteiger charge is -2.37. The highest BCUT2D eigenvalue weighted by Gasteiger charge is 2.39. The van der Waals surface area contributed by atoms with Crippen LogP contribution in [-0.4, -0.2) is 55.0 Å². The second-order valence-electron chi connectivity index (χ2n) is 10.3. The first-order valence-electron chi connectivity index (χ1n) is 14.2. The van der Waals surface area contributed by atoms with E-state index in [-0.39, 0.29) is 12.5 Å². The van der Waals surface area contributed by atoms with Crippen molar-refractivity contribution in [2.45, 2.75) is 62.0 Å². The lowest BCUT2D eigenvalue weighted by molar-refractivity contribution is -0.124. The van der Waals surface area contributed by atoms with E-state index in [1.165, 1.54) is 12.2 Å². The molecule has 4 rings (SSSR count). The molecule has 1 saturated heterocycles. The van der Waals surface area contributed by atoms with Crippen molar-refractivity contribution in [2.24, 2.45) is 0 Å². The number of carbonyl (C=O) groups is 1. The highest BCUT2D eigenvalue weighted by Crippen LogP contribution is 2.42. The number of carbonyl (C=O) groups excluding carboxylic acids is 1. The van der Waals surface area contributed by atoms with Gasteiger partial charge < -0.3 is 24.6 Å². The molecular formula is C33H41NO5S2. The number of ether oxygens (including phenoxy) is 3. The van der Waals surface area contributed by atoms with Crippen LogP contribution in [0, 0.1) is 0 Å².